The van der Waals surface area contributed by atoms with Gasteiger partial charge in [-0.1, -0.05) is 13.8 Å². The molecule has 5 rings (SSSR count). The fraction of sp³-hybridized carbons (Fsp3) is 0.381. The maximum absolute atomic E-state index is 5.15. The van der Waals surface area contributed by atoms with Gasteiger partial charge in [0.2, 0.25) is 0 Å². The minimum Gasteiger partial charge on any atom is -0.278 e. The van der Waals surface area contributed by atoms with Crippen molar-refractivity contribution in [1.29, 1.82) is 0 Å². The summed E-state index contributed by atoms with van der Waals surface area (Å²) in [5.41, 5.74) is 8.48. The van der Waals surface area contributed by atoms with Gasteiger partial charge in [-0.2, -0.15) is 10.2 Å². The lowest BCUT2D eigenvalue weighted by atomic mass is 9.85. The van der Waals surface area contributed by atoms with Gasteiger partial charge in [-0.15, -0.1) is 0 Å². The number of H-pyrrole nitrogens is 1. The first-order chi connectivity index (χ1) is 12.6. The van der Waals surface area contributed by atoms with Crippen molar-refractivity contribution in [3.8, 4) is 11.3 Å². The highest BCUT2D eigenvalue weighted by Gasteiger charge is 2.24. The number of benzene rings is 1. The number of hydrogen-bond donors (Lipinski definition) is 1. The van der Waals surface area contributed by atoms with E-state index in [1.807, 2.05) is 17.9 Å². The van der Waals surface area contributed by atoms with Crippen molar-refractivity contribution >= 4 is 21.8 Å². The van der Waals surface area contributed by atoms with E-state index in [9.17, 15) is 0 Å². The molecular weight excluding hydrogens is 322 g/mol. The number of aromatic amines is 1. The van der Waals surface area contributed by atoms with Crippen LogP contribution in [0.1, 0.15) is 49.4 Å². The molecule has 4 aromatic rings. The van der Waals surface area contributed by atoms with Crippen LogP contribution in [0.15, 0.2) is 24.5 Å². The van der Waals surface area contributed by atoms with Crippen molar-refractivity contribution in [2.75, 3.05) is 0 Å². The van der Waals surface area contributed by atoms with Crippen LogP contribution in [0.2, 0.25) is 0 Å². The van der Waals surface area contributed by atoms with E-state index in [2.05, 4.69) is 42.4 Å². The normalized spacial score (nSPS) is 14.5. The first-order valence-electron chi connectivity index (χ1n) is 9.45. The molecule has 1 aliphatic carbocycles. The lowest BCUT2D eigenvalue weighted by Crippen LogP contribution is -2.08. The molecule has 1 aromatic carbocycles. The van der Waals surface area contributed by atoms with Gasteiger partial charge in [-0.25, -0.2) is 4.98 Å². The first-order valence-corrected chi connectivity index (χ1v) is 9.45. The van der Waals surface area contributed by atoms with Crippen LogP contribution >= 0.6 is 0 Å². The topological polar surface area (TPSA) is 59.4 Å². The van der Waals surface area contributed by atoms with Crippen molar-refractivity contribution in [3.63, 3.8) is 0 Å². The van der Waals surface area contributed by atoms with Crippen LogP contribution in [0, 0.1) is 0 Å². The molecule has 0 radical (unpaired) electrons. The number of fused-ring (bicyclic) bond motifs is 5. The Balaban J connectivity index is 1.89. The summed E-state index contributed by atoms with van der Waals surface area (Å²) in [5, 5.41) is 14.5. The summed E-state index contributed by atoms with van der Waals surface area (Å²) in [5.74, 6) is 0.374. The van der Waals surface area contributed by atoms with Crippen LogP contribution in [0.4, 0.5) is 0 Å². The largest absolute Gasteiger partial charge is 0.278 e. The second kappa shape index (κ2) is 5.66. The Kier molecular flexibility index (Phi) is 3.39. The molecule has 5 heteroatoms. The van der Waals surface area contributed by atoms with Crippen molar-refractivity contribution < 1.29 is 0 Å². The van der Waals surface area contributed by atoms with Gasteiger partial charge < -0.3 is 0 Å². The molecule has 1 aliphatic rings. The maximum Gasteiger partial charge on any atom is 0.0778 e. The summed E-state index contributed by atoms with van der Waals surface area (Å²) >= 11 is 0. The Hall–Kier alpha value is -2.69. The minimum absolute atomic E-state index is 0.374. The van der Waals surface area contributed by atoms with E-state index in [1.165, 1.54) is 40.3 Å². The van der Waals surface area contributed by atoms with Gasteiger partial charge in [-0.05, 0) is 54.9 Å². The summed E-state index contributed by atoms with van der Waals surface area (Å²) in [6.07, 6.45) is 8.75. The Labute approximate surface area is 152 Å². The smallest absolute Gasteiger partial charge is 0.0778 e. The van der Waals surface area contributed by atoms with Gasteiger partial charge in [0.05, 0.1) is 28.6 Å². The lowest BCUT2D eigenvalue weighted by molar-refractivity contribution is 0.689. The third kappa shape index (κ3) is 2.19. The Morgan fingerprint density at radius 2 is 1.92 bits per heavy atom. The standard InChI is InChI=1S/C21H23N5/c1-12(2)20-16(11-26(3)25-20)21-14-7-5-4-6-13(14)19-15-10-22-24-17(15)8-9-18(19)23-21/h8-12H,4-7H2,1-3H3,(H,22,24). The molecule has 132 valence electrons. The molecule has 0 amide bonds. The summed E-state index contributed by atoms with van der Waals surface area (Å²) in [6, 6.07) is 4.21. The highest BCUT2D eigenvalue weighted by atomic mass is 15.3. The maximum atomic E-state index is 5.15. The molecule has 0 unspecified atom stereocenters. The van der Waals surface area contributed by atoms with E-state index in [-0.39, 0.29) is 0 Å². The van der Waals surface area contributed by atoms with E-state index < -0.39 is 0 Å². The number of rotatable bonds is 2. The molecule has 0 fully saturated rings. The number of nitrogens with one attached hydrogen (secondary N) is 1. The highest BCUT2D eigenvalue weighted by Crippen LogP contribution is 2.39. The van der Waals surface area contributed by atoms with Gasteiger partial charge in [0, 0.05) is 29.6 Å². The van der Waals surface area contributed by atoms with Gasteiger partial charge in [0.1, 0.15) is 0 Å². The summed E-state index contributed by atoms with van der Waals surface area (Å²) < 4.78 is 1.92. The summed E-state index contributed by atoms with van der Waals surface area (Å²) in [6.45, 7) is 4.41. The predicted molar refractivity (Wildman–Crippen MR) is 104 cm³/mol. The van der Waals surface area contributed by atoms with Crippen LogP contribution in [-0.4, -0.2) is 25.0 Å². The van der Waals surface area contributed by atoms with Crippen LogP contribution in [0.5, 0.6) is 0 Å². The van der Waals surface area contributed by atoms with Crippen molar-refractivity contribution in [1.82, 2.24) is 25.0 Å². The fourth-order valence-corrected chi connectivity index (χ4v) is 4.38. The monoisotopic (exact) mass is 345 g/mol. The molecule has 5 nitrogen and oxygen atoms in total. The lowest BCUT2D eigenvalue weighted by Gasteiger charge is -2.22. The molecule has 26 heavy (non-hydrogen) atoms. The Morgan fingerprint density at radius 3 is 2.73 bits per heavy atom. The zero-order valence-electron chi connectivity index (χ0n) is 15.5. The SMILES string of the molecule is CC(C)c1nn(C)cc1-c1nc2ccc3[nH]ncc3c2c2c1CCCC2. The van der Waals surface area contributed by atoms with Gasteiger partial charge in [0.25, 0.3) is 0 Å². The average molecular weight is 345 g/mol. The Bertz CT molecular complexity index is 1130. The number of aryl methyl sites for hydroxylation is 2. The van der Waals surface area contributed by atoms with Crippen molar-refractivity contribution in [2.24, 2.45) is 7.05 Å². The van der Waals surface area contributed by atoms with Crippen LogP contribution in [0.25, 0.3) is 33.1 Å². The molecule has 0 saturated heterocycles. The zero-order valence-corrected chi connectivity index (χ0v) is 15.5. The minimum atomic E-state index is 0.374. The predicted octanol–water partition coefficient (Wildman–Crippen LogP) is 4.51. The van der Waals surface area contributed by atoms with Gasteiger partial charge >= 0.3 is 0 Å². The molecule has 0 bridgehead atoms. The average Bonchev–Trinajstić information content (AvgIpc) is 3.27. The van der Waals surface area contributed by atoms with E-state index in [0.29, 0.717) is 5.92 Å². The fourth-order valence-electron chi connectivity index (χ4n) is 4.38. The van der Waals surface area contributed by atoms with E-state index >= 15 is 0 Å². The number of aromatic nitrogens is 5. The molecule has 0 saturated carbocycles. The third-order valence-corrected chi connectivity index (χ3v) is 5.55. The molecule has 3 heterocycles. The second-order valence-electron chi connectivity index (χ2n) is 7.67. The molecule has 0 atom stereocenters. The van der Waals surface area contributed by atoms with E-state index in [4.69, 9.17) is 10.1 Å². The van der Waals surface area contributed by atoms with E-state index in [0.717, 1.165) is 35.3 Å². The Morgan fingerprint density at radius 1 is 1.12 bits per heavy atom. The van der Waals surface area contributed by atoms with Gasteiger partial charge in [-0.3, -0.25) is 9.78 Å². The van der Waals surface area contributed by atoms with Crippen LogP contribution < -0.4 is 0 Å². The third-order valence-electron chi connectivity index (χ3n) is 5.55. The second-order valence-corrected chi connectivity index (χ2v) is 7.67. The quantitative estimate of drug-likeness (QED) is 0.581. The molecule has 0 aliphatic heterocycles. The van der Waals surface area contributed by atoms with Crippen LogP contribution in [-0.2, 0) is 19.9 Å². The number of nitrogens with zero attached hydrogens (tertiary/aromatic N) is 4. The first kappa shape index (κ1) is 15.6. The molecular formula is C21H23N5. The van der Waals surface area contributed by atoms with Crippen molar-refractivity contribution in [2.45, 2.75) is 45.4 Å². The van der Waals surface area contributed by atoms with Crippen LogP contribution in [0.3, 0.4) is 0 Å². The molecule has 3 aromatic heterocycles. The number of hydrogen-bond acceptors (Lipinski definition) is 3. The molecule has 0 spiro atoms. The zero-order chi connectivity index (χ0) is 17.8. The molecule has 1 N–H and O–H groups in total. The highest BCUT2D eigenvalue weighted by molar-refractivity contribution is 6.07. The van der Waals surface area contributed by atoms with Crippen molar-refractivity contribution in [3.05, 3.63) is 41.3 Å². The number of pyridine rings is 1. The van der Waals surface area contributed by atoms with Gasteiger partial charge in [0.15, 0.2) is 0 Å². The summed E-state index contributed by atoms with van der Waals surface area (Å²) in [4.78, 5) is 5.15. The summed E-state index contributed by atoms with van der Waals surface area (Å²) in [7, 11) is 2.00. The van der Waals surface area contributed by atoms with E-state index in [1.54, 1.807) is 0 Å².